The molecule has 0 spiro atoms. The molecule has 130 valence electrons. The Morgan fingerprint density at radius 3 is 2.64 bits per heavy atom. The van der Waals surface area contributed by atoms with Crippen molar-refractivity contribution < 1.29 is 24.2 Å². The van der Waals surface area contributed by atoms with Crippen molar-refractivity contribution in [2.24, 2.45) is 0 Å². The second-order valence-electron chi connectivity index (χ2n) is 5.81. The number of benzene rings is 2. The fourth-order valence-electron chi connectivity index (χ4n) is 2.60. The molecule has 2 N–H and O–H groups in total. The molecule has 0 aromatic heterocycles. The van der Waals surface area contributed by atoms with Crippen molar-refractivity contribution in [2.45, 2.75) is 18.9 Å². The molecule has 6 nitrogen and oxygen atoms in total. The summed E-state index contributed by atoms with van der Waals surface area (Å²) >= 11 is 0. The highest BCUT2D eigenvalue weighted by Gasteiger charge is 2.16. The van der Waals surface area contributed by atoms with Crippen LogP contribution < -0.4 is 10.1 Å². The second-order valence-corrected chi connectivity index (χ2v) is 5.81. The van der Waals surface area contributed by atoms with Crippen LogP contribution in [0.2, 0.25) is 0 Å². The van der Waals surface area contributed by atoms with Gasteiger partial charge < -0.3 is 19.9 Å². The van der Waals surface area contributed by atoms with Crippen molar-refractivity contribution in [2.75, 3.05) is 18.5 Å². The Bertz CT molecular complexity index is 751. The van der Waals surface area contributed by atoms with E-state index in [4.69, 9.17) is 14.6 Å². The number of hydrogen-bond donors (Lipinski definition) is 2. The number of carboxylic acids is 1. The van der Waals surface area contributed by atoms with Crippen LogP contribution in [0.15, 0.2) is 48.5 Å². The van der Waals surface area contributed by atoms with Crippen LogP contribution in [0.3, 0.4) is 0 Å². The Labute approximate surface area is 145 Å². The molecule has 1 fully saturated rings. The van der Waals surface area contributed by atoms with Crippen LogP contribution in [-0.2, 0) is 4.74 Å². The molecule has 1 aliphatic heterocycles. The maximum atomic E-state index is 12.3. The number of hydrogen-bond acceptors (Lipinski definition) is 4. The van der Waals surface area contributed by atoms with E-state index in [1.54, 1.807) is 36.4 Å². The average molecular weight is 341 g/mol. The number of ether oxygens (including phenoxy) is 2. The van der Waals surface area contributed by atoms with Crippen molar-refractivity contribution in [1.82, 2.24) is 0 Å². The number of carbonyl (C=O) groups is 2. The van der Waals surface area contributed by atoms with E-state index in [0.29, 0.717) is 23.6 Å². The molecule has 1 unspecified atom stereocenters. The van der Waals surface area contributed by atoms with E-state index >= 15 is 0 Å². The SMILES string of the molecule is O=C(O)c1cccc(NC(=O)c2ccc(OCC3CCCO3)cc2)c1. The lowest BCUT2D eigenvalue weighted by atomic mass is 10.1. The molecule has 1 saturated heterocycles. The monoisotopic (exact) mass is 341 g/mol. The minimum Gasteiger partial charge on any atom is -0.491 e. The molecule has 3 rings (SSSR count). The summed E-state index contributed by atoms with van der Waals surface area (Å²) in [5, 5.41) is 11.7. The van der Waals surface area contributed by atoms with Crippen LogP contribution in [0.4, 0.5) is 5.69 Å². The largest absolute Gasteiger partial charge is 0.491 e. The molecule has 6 heteroatoms. The first kappa shape index (κ1) is 17.0. The Morgan fingerprint density at radius 2 is 1.96 bits per heavy atom. The summed E-state index contributed by atoms with van der Waals surface area (Å²) in [4.78, 5) is 23.2. The van der Waals surface area contributed by atoms with Crippen LogP contribution >= 0.6 is 0 Å². The Kier molecular flexibility index (Phi) is 5.30. The zero-order chi connectivity index (χ0) is 17.6. The van der Waals surface area contributed by atoms with Crippen LogP contribution in [0.25, 0.3) is 0 Å². The summed E-state index contributed by atoms with van der Waals surface area (Å²) in [5.41, 5.74) is 1.02. The number of rotatable bonds is 6. The quantitative estimate of drug-likeness (QED) is 0.843. The van der Waals surface area contributed by atoms with Crippen molar-refractivity contribution in [3.8, 4) is 5.75 Å². The summed E-state index contributed by atoms with van der Waals surface area (Å²) in [6.07, 6.45) is 2.22. The van der Waals surface area contributed by atoms with Gasteiger partial charge in [-0.1, -0.05) is 6.07 Å². The maximum Gasteiger partial charge on any atom is 0.335 e. The highest BCUT2D eigenvalue weighted by atomic mass is 16.5. The van der Waals surface area contributed by atoms with E-state index in [0.717, 1.165) is 19.4 Å². The Morgan fingerprint density at radius 1 is 1.16 bits per heavy atom. The molecule has 0 radical (unpaired) electrons. The predicted octanol–water partition coefficient (Wildman–Crippen LogP) is 3.19. The third kappa shape index (κ3) is 4.58. The van der Waals surface area contributed by atoms with Gasteiger partial charge in [-0.25, -0.2) is 4.79 Å². The van der Waals surface area contributed by atoms with Crippen LogP contribution in [0, 0.1) is 0 Å². The van der Waals surface area contributed by atoms with Crippen molar-refractivity contribution in [1.29, 1.82) is 0 Å². The third-order valence-electron chi connectivity index (χ3n) is 3.94. The molecule has 1 heterocycles. The van der Waals surface area contributed by atoms with Gasteiger partial charge in [-0.3, -0.25) is 4.79 Å². The molecule has 1 amide bonds. The fourth-order valence-corrected chi connectivity index (χ4v) is 2.60. The molecule has 0 aliphatic carbocycles. The number of amides is 1. The van der Waals surface area contributed by atoms with Gasteiger partial charge >= 0.3 is 5.97 Å². The van der Waals surface area contributed by atoms with Gasteiger partial charge in [0.15, 0.2) is 0 Å². The summed E-state index contributed by atoms with van der Waals surface area (Å²) in [6.45, 7) is 1.30. The number of nitrogens with one attached hydrogen (secondary N) is 1. The van der Waals surface area contributed by atoms with E-state index in [-0.39, 0.29) is 17.6 Å². The van der Waals surface area contributed by atoms with Gasteiger partial charge in [0.2, 0.25) is 0 Å². The molecule has 0 bridgehead atoms. The number of anilines is 1. The predicted molar refractivity (Wildman–Crippen MR) is 92.3 cm³/mol. The van der Waals surface area contributed by atoms with E-state index in [2.05, 4.69) is 5.32 Å². The van der Waals surface area contributed by atoms with E-state index in [1.807, 2.05) is 0 Å². The van der Waals surface area contributed by atoms with E-state index in [9.17, 15) is 9.59 Å². The van der Waals surface area contributed by atoms with Crippen molar-refractivity contribution in [3.63, 3.8) is 0 Å². The molecule has 25 heavy (non-hydrogen) atoms. The maximum absolute atomic E-state index is 12.3. The lowest BCUT2D eigenvalue weighted by molar-refractivity contribution is 0.0679. The van der Waals surface area contributed by atoms with E-state index in [1.165, 1.54) is 12.1 Å². The van der Waals surface area contributed by atoms with Gasteiger partial charge in [-0.05, 0) is 55.3 Å². The molecular weight excluding hydrogens is 322 g/mol. The van der Waals surface area contributed by atoms with Gasteiger partial charge in [0.05, 0.1) is 11.7 Å². The lowest BCUT2D eigenvalue weighted by Gasteiger charge is -2.12. The van der Waals surface area contributed by atoms with Gasteiger partial charge in [0.25, 0.3) is 5.91 Å². The molecule has 1 atom stereocenters. The minimum absolute atomic E-state index is 0.121. The first-order chi connectivity index (χ1) is 12.1. The second kappa shape index (κ2) is 7.81. The average Bonchev–Trinajstić information content (AvgIpc) is 3.14. The van der Waals surface area contributed by atoms with Crippen LogP contribution in [0.1, 0.15) is 33.6 Å². The first-order valence-electron chi connectivity index (χ1n) is 8.11. The smallest absolute Gasteiger partial charge is 0.335 e. The van der Waals surface area contributed by atoms with E-state index < -0.39 is 5.97 Å². The molecular formula is C19H19NO5. The van der Waals surface area contributed by atoms with Gasteiger partial charge in [-0.2, -0.15) is 0 Å². The molecule has 0 saturated carbocycles. The summed E-state index contributed by atoms with van der Waals surface area (Å²) in [7, 11) is 0. The number of carbonyl (C=O) groups excluding carboxylic acids is 1. The minimum atomic E-state index is -1.04. The summed E-state index contributed by atoms with van der Waals surface area (Å²) in [5.74, 6) is -0.669. The Balaban J connectivity index is 1.58. The van der Waals surface area contributed by atoms with Crippen LogP contribution in [0.5, 0.6) is 5.75 Å². The Hall–Kier alpha value is -2.86. The zero-order valence-corrected chi connectivity index (χ0v) is 13.6. The summed E-state index contributed by atoms with van der Waals surface area (Å²) < 4.78 is 11.2. The van der Waals surface area contributed by atoms with Crippen LogP contribution in [-0.4, -0.2) is 36.3 Å². The number of carboxylic acid groups (broad SMARTS) is 1. The normalized spacial score (nSPS) is 16.4. The highest BCUT2D eigenvalue weighted by Crippen LogP contribution is 2.18. The van der Waals surface area contributed by atoms with Gasteiger partial charge in [-0.15, -0.1) is 0 Å². The van der Waals surface area contributed by atoms with Gasteiger partial charge in [0, 0.05) is 17.9 Å². The van der Waals surface area contributed by atoms with Crippen molar-refractivity contribution in [3.05, 3.63) is 59.7 Å². The number of aromatic carboxylic acids is 1. The molecule has 2 aromatic carbocycles. The summed E-state index contributed by atoms with van der Waals surface area (Å²) in [6, 6.07) is 12.9. The van der Waals surface area contributed by atoms with Gasteiger partial charge in [0.1, 0.15) is 12.4 Å². The first-order valence-corrected chi connectivity index (χ1v) is 8.11. The molecule has 2 aromatic rings. The third-order valence-corrected chi connectivity index (χ3v) is 3.94. The topological polar surface area (TPSA) is 84.9 Å². The lowest BCUT2D eigenvalue weighted by Crippen LogP contribution is -2.16. The van der Waals surface area contributed by atoms with Crippen molar-refractivity contribution >= 4 is 17.6 Å². The highest BCUT2D eigenvalue weighted by molar-refractivity contribution is 6.04. The zero-order valence-electron chi connectivity index (χ0n) is 13.6. The standard InChI is InChI=1S/C19H19NO5/c21-18(20-15-4-1-3-14(11-15)19(22)23)13-6-8-16(9-7-13)25-12-17-5-2-10-24-17/h1,3-4,6-9,11,17H,2,5,10,12H2,(H,20,21)(H,22,23). The molecule has 1 aliphatic rings. The fraction of sp³-hybridized carbons (Fsp3) is 0.263.